The number of amides is 2. The van der Waals surface area contributed by atoms with Crippen LogP contribution in [0.5, 0.6) is 0 Å². The number of para-hydroxylation sites is 1. The van der Waals surface area contributed by atoms with E-state index >= 15 is 0 Å². The summed E-state index contributed by atoms with van der Waals surface area (Å²) in [7, 11) is 0. The van der Waals surface area contributed by atoms with Gasteiger partial charge >= 0.3 is 5.97 Å². The van der Waals surface area contributed by atoms with Crippen LogP contribution in [0.4, 0.5) is 11.4 Å². The molecule has 0 aliphatic carbocycles. The molecule has 0 radical (unpaired) electrons. The molecule has 2 atom stereocenters. The number of rotatable bonds is 7. The van der Waals surface area contributed by atoms with E-state index < -0.39 is 5.97 Å². The summed E-state index contributed by atoms with van der Waals surface area (Å²) in [4.78, 5) is 38.1. The minimum absolute atomic E-state index is 0.0626. The van der Waals surface area contributed by atoms with Crippen LogP contribution in [-0.4, -0.2) is 34.2 Å². The molecule has 0 saturated heterocycles. The lowest BCUT2D eigenvalue weighted by Gasteiger charge is -2.26. The Morgan fingerprint density at radius 1 is 1.14 bits per heavy atom. The van der Waals surface area contributed by atoms with Crippen LogP contribution >= 0.6 is 11.8 Å². The Hall–Kier alpha value is -2.80. The molecule has 1 aliphatic heterocycles. The quantitative estimate of drug-likeness (QED) is 0.673. The van der Waals surface area contributed by atoms with Gasteiger partial charge in [0, 0.05) is 28.7 Å². The fourth-order valence-corrected chi connectivity index (χ4v) is 4.33. The maximum atomic E-state index is 13.1. The number of fused-ring (bicyclic) bond motifs is 1. The molecule has 2 N–H and O–H groups in total. The molecule has 2 aromatic rings. The number of carboxylic acids is 1. The van der Waals surface area contributed by atoms with Crippen molar-refractivity contribution in [2.45, 2.75) is 49.3 Å². The third-order valence-corrected chi connectivity index (χ3v) is 5.91. The lowest BCUT2D eigenvalue weighted by molar-refractivity contribution is -0.138. The van der Waals surface area contributed by atoms with Gasteiger partial charge in [0.2, 0.25) is 11.8 Å². The molecule has 0 unspecified atom stereocenters. The summed E-state index contributed by atoms with van der Waals surface area (Å²) in [5.41, 5.74) is 2.80. The third kappa shape index (κ3) is 5.17. The second kappa shape index (κ2) is 9.13. The number of aliphatic carboxylic acids is 1. The van der Waals surface area contributed by atoms with Crippen LogP contribution in [0, 0.1) is 0 Å². The van der Waals surface area contributed by atoms with Gasteiger partial charge in [-0.3, -0.25) is 14.4 Å². The van der Waals surface area contributed by atoms with Crippen LogP contribution < -0.4 is 10.2 Å². The van der Waals surface area contributed by atoms with Gasteiger partial charge in [-0.1, -0.05) is 18.2 Å². The molecule has 3 rings (SSSR count). The molecular formula is C22H24N2O4S. The largest absolute Gasteiger partial charge is 0.481 e. The second-order valence-corrected chi connectivity index (χ2v) is 8.53. The molecule has 2 amide bonds. The summed E-state index contributed by atoms with van der Waals surface area (Å²) in [6.45, 7) is 3.97. The first kappa shape index (κ1) is 20.9. The molecule has 0 fully saturated rings. The number of carbonyl (C=O) groups is 3. The lowest BCUT2D eigenvalue weighted by Crippen LogP contribution is -2.40. The Morgan fingerprint density at radius 2 is 1.83 bits per heavy atom. The maximum Gasteiger partial charge on any atom is 0.303 e. The number of thioether (sulfide) groups is 1. The van der Waals surface area contributed by atoms with Crippen molar-refractivity contribution in [1.82, 2.24) is 0 Å². The molecule has 1 heterocycles. The van der Waals surface area contributed by atoms with Crippen molar-refractivity contribution < 1.29 is 19.5 Å². The van der Waals surface area contributed by atoms with Crippen LogP contribution in [0.3, 0.4) is 0 Å². The zero-order valence-electron chi connectivity index (χ0n) is 16.4. The van der Waals surface area contributed by atoms with Gasteiger partial charge < -0.3 is 15.3 Å². The predicted octanol–water partition coefficient (Wildman–Crippen LogP) is 3.95. The van der Waals surface area contributed by atoms with Crippen molar-refractivity contribution in [3.63, 3.8) is 0 Å². The number of benzene rings is 2. The summed E-state index contributed by atoms with van der Waals surface area (Å²) in [6, 6.07) is 15.4. The monoisotopic (exact) mass is 412 g/mol. The van der Waals surface area contributed by atoms with Gasteiger partial charge in [0.05, 0.1) is 11.7 Å². The van der Waals surface area contributed by atoms with E-state index in [0.29, 0.717) is 5.69 Å². The number of carbonyl (C=O) groups excluding carboxylic acids is 2. The topological polar surface area (TPSA) is 86.7 Å². The smallest absolute Gasteiger partial charge is 0.303 e. The van der Waals surface area contributed by atoms with E-state index in [-0.39, 0.29) is 35.9 Å². The highest BCUT2D eigenvalue weighted by molar-refractivity contribution is 8.00. The minimum Gasteiger partial charge on any atom is -0.481 e. The fourth-order valence-electron chi connectivity index (χ4n) is 3.41. The number of hydrogen-bond donors (Lipinski definition) is 2. The molecule has 0 bridgehead atoms. The van der Waals surface area contributed by atoms with Crippen LogP contribution in [-0.2, 0) is 20.8 Å². The molecule has 0 aromatic heterocycles. The zero-order chi connectivity index (χ0) is 21.0. The minimum atomic E-state index is -1.000. The van der Waals surface area contributed by atoms with Gasteiger partial charge in [-0.2, -0.15) is 0 Å². The van der Waals surface area contributed by atoms with Gasteiger partial charge in [0.1, 0.15) is 0 Å². The van der Waals surface area contributed by atoms with Crippen LogP contribution in [0.2, 0.25) is 0 Å². The summed E-state index contributed by atoms with van der Waals surface area (Å²) >= 11 is 1.48. The van der Waals surface area contributed by atoms with Crippen molar-refractivity contribution in [2.75, 3.05) is 10.2 Å². The van der Waals surface area contributed by atoms with Gasteiger partial charge in [-0.05, 0) is 56.2 Å². The SMILES string of the molecule is C[C@@H]1Cc2ccccc2N1C(=O)[C@@H](C)Sc1ccc(NC(=O)CCC(=O)O)cc1. The van der Waals surface area contributed by atoms with E-state index in [9.17, 15) is 14.4 Å². The number of anilines is 2. The van der Waals surface area contributed by atoms with Gasteiger partial charge in [0.25, 0.3) is 0 Å². The van der Waals surface area contributed by atoms with E-state index in [2.05, 4.69) is 18.3 Å². The first-order valence-corrected chi connectivity index (χ1v) is 10.4. The van der Waals surface area contributed by atoms with Crippen LogP contribution in [0.1, 0.15) is 32.3 Å². The molecule has 152 valence electrons. The molecule has 2 aromatic carbocycles. The third-order valence-electron chi connectivity index (χ3n) is 4.81. The van der Waals surface area contributed by atoms with Gasteiger partial charge in [0.15, 0.2) is 0 Å². The van der Waals surface area contributed by atoms with Gasteiger partial charge in [-0.15, -0.1) is 11.8 Å². The zero-order valence-corrected chi connectivity index (χ0v) is 17.2. The fraction of sp³-hybridized carbons (Fsp3) is 0.318. The second-order valence-electron chi connectivity index (χ2n) is 7.12. The molecule has 6 nitrogen and oxygen atoms in total. The predicted molar refractivity (Wildman–Crippen MR) is 114 cm³/mol. The average Bonchev–Trinajstić information content (AvgIpc) is 3.03. The summed E-state index contributed by atoms with van der Waals surface area (Å²) in [5.74, 6) is -1.25. The Morgan fingerprint density at radius 3 is 2.52 bits per heavy atom. The maximum absolute atomic E-state index is 13.1. The van der Waals surface area contributed by atoms with Gasteiger partial charge in [-0.25, -0.2) is 0 Å². The lowest BCUT2D eigenvalue weighted by atomic mass is 10.1. The first-order valence-electron chi connectivity index (χ1n) is 9.54. The van der Waals surface area contributed by atoms with Crippen LogP contribution in [0.25, 0.3) is 0 Å². The molecule has 7 heteroatoms. The van der Waals surface area contributed by atoms with Crippen molar-refractivity contribution in [2.24, 2.45) is 0 Å². The van der Waals surface area contributed by atoms with E-state index in [1.54, 1.807) is 12.1 Å². The molecule has 29 heavy (non-hydrogen) atoms. The van der Waals surface area contributed by atoms with E-state index in [0.717, 1.165) is 17.0 Å². The van der Waals surface area contributed by atoms with Crippen molar-refractivity contribution in [3.05, 3.63) is 54.1 Å². The van der Waals surface area contributed by atoms with E-state index in [4.69, 9.17) is 5.11 Å². The standard InChI is InChI=1S/C22H24N2O4S/c1-14-13-16-5-3-4-6-19(16)24(14)22(28)15(2)29-18-9-7-17(8-10-18)23-20(25)11-12-21(26)27/h3-10,14-15H,11-13H2,1-2H3,(H,23,25)(H,26,27)/t14-,15-/m1/s1. The van der Waals surface area contributed by atoms with Crippen LogP contribution in [0.15, 0.2) is 53.4 Å². The highest BCUT2D eigenvalue weighted by Crippen LogP contribution is 2.35. The summed E-state index contributed by atoms with van der Waals surface area (Å²) in [5, 5.41) is 11.1. The molecule has 1 aliphatic rings. The Balaban J connectivity index is 1.59. The number of hydrogen-bond acceptors (Lipinski definition) is 4. The molecule has 0 spiro atoms. The highest BCUT2D eigenvalue weighted by Gasteiger charge is 2.33. The highest BCUT2D eigenvalue weighted by atomic mass is 32.2. The first-order chi connectivity index (χ1) is 13.8. The number of carboxylic acid groups (broad SMARTS) is 1. The normalized spacial score (nSPS) is 16.2. The number of nitrogens with zero attached hydrogens (tertiary/aromatic N) is 1. The Labute approximate surface area is 174 Å². The number of nitrogens with one attached hydrogen (secondary N) is 1. The van der Waals surface area contributed by atoms with E-state index in [1.807, 2.05) is 42.2 Å². The van der Waals surface area contributed by atoms with Crippen molar-refractivity contribution >= 4 is 40.9 Å². The summed E-state index contributed by atoms with van der Waals surface area (Å²) < 4.78 is 0. The summed E-state index contributed by atoms with van der Waals surface area (Å²) in [6.07, 6.45) is 0.611. The Bertz CT molecular complexity index is 913. The molecular weight excluding hydrogens is 388 g/mol. The molecule has 0 saturated carbocycles. The Kier molecular flexibility index (Phi) is 6.59. The average molecular weight is 413 g/mol. The van der Waals surface area contributed by atoms with E-state index in [1.165, 1.54) is 17.3 Å². The van der Waals surface area contributed by atoms with Crippen molar-refractivity contribution in [1.29, 1.82) is 0 Å². The van der Waals surface area contributed by atoms with Crippen molar-refractivity contribution in [3.8, 4) is 0 Å².